The number of carbonyl (C=O) groups is 2. The highest BCUT2D eigenvalue weighted by Crippen LogP contribution is 2.33. The summed E-state index contributed by atoms with van der Waals surface area (Å²) >= 11 is 1.39. The van der Waals surface area contributed by atoms with E-state index in [1.807, 2.05) is 0 Å². The van der Waals surface area contributed by atoms with Crippen LogP contribution in [0.5, 0.6) is 0 Å². The lowest BCUT2D eigenvalue weighted by Gasteiger charge is -2.33. The van der Waals surface area contributed by atoms with E-state index in [-0.39, 0.29) is 35.8 Å². The van der Waals surface area contributed by atoms with Gasteiger partial charge >= 0.3 is 6.18 Å². The molecule has 1 aromatic carbocycles. The molecule has 1 atom stereocenters. The van der Waals surface area contributed by atoms with Crippen LogP contribution in [0.25, 0.3) is 0 Å². The number of carbonyl (C=O) groups excluding carboxylic acids is 2. The first-order chi connectivity index (χ1) is 18.1. The molecule has 3 heterocycles. The molecule has 0 radical (unpaired) electrons. The molecule has 1 fully saturated rings. The van der Waals surface area contributed by atoms with Gasteiger partial charge in [-0.2, -0.15) is 13.2 Å². The second-order valence-electron chi connectivity index (χ2n) is 8.87. The summed E-state index contributed by atoms with van der Waals surface area (Å²) in [6.07, 6.45) is 1.31. The molecule has 0 saturated carbocycles. The number of benzene rings is 1. The minimum Gasteiger partial charge on any atom is -0.365 e. The van der Waals surface area contributed by atoms with E-state index < -0.39 is 11.7 Å². The molecule has 2 aromatic heterocycles. The molecule has 0 aliphatic carbocycles. The second-order valence-corrected chi connectivity index (χ2v) is 9.99. The molecule has 8 nitrogen and oxygen atoms in total. The van der Waals surface area contributed by atoms with Crippen LogP contribution in [0.15, 0.2) is 55.4 Å². The maximum atomic E-state index is 13.1. The summed E-state index contributed by atoms with van der Waals surface area (Å²) in [6.45, 7) is 6.22. The Morgan fingerprint density at radius 2 is 1.97 bits per heavy atom. The molecular weight excluding hydrogens is 517 g/mol. The zero-order valence-electron chi connectivity index (χ0n) is 20.6. The van der Waals surface area contributed by atoms with Gasteiger partial charge in [-0.3, -0.25) is 9.59 Å². The maximum absolute atomic E-state index is 13.1. The van der Waals surface area contributed by atoms with Crippen molar-refractivity contribution in [1.29, 1.82) is 0 Å². The normalized spacial score (nSPS) is 15.6. The Labute approximate surface area is 222 Å². The van der Waals surface area contributed by atoms with Gasteiger partial charge in [-0.05, 0) is 61.7 Å². The van der Waals surface area contributed by atoms with Gasteiger partial charge in [0.15, 0.2) is 5.13 Å². The summed E-state index contributed by atoms with van der Waals surface area (Å²) < 4.78 is 39.4. The minimum absolute atomic E-state index is 0.0129. The highest BCUT2D eigenvalue weighted by atomic mass is 32.1. The molecule has 3 N–H and O–H groups in total. The number of aryl methyl sites for hydroxylation is 1. The number of pyridine rings is 1. The SMILES string of the molecule is C=CC(=O)Nc1ccc(C(=O)N2CCC[C@@H](Nc3ncc(CNc4cc(C(F)(F)F)c(C)cn4)s3)C2)cc1. The Morgan fingerprint density at radius 1 is 1.21 bits per heavy atom. The molecular formula is C26H27F3N6O2S. The zero-order chi connectivity index (χ0) is 27.3. The number of anilines is 3. The average Bonchev–Trinajstić information content (AvgIpc) is 3.34. The third-order valence-corrected chi connectivity index (χ3v) is 6.96. The van der Waals surface area contributed by atoms with Crippen LogP contribution in [0.3, 0.4) is 0 Å². The van der Waals surface area contributed by atoms with Crippen molar-refractivity contribution in [2.45, 2.75) is 38.5 Å². The summed E-state index contributed by atoms with van der Waals surface area (Å²) in [7, 11) is 0. The Morgan fingerprint density at radius 3 is 2.68 bits per heavy atom. The number of nitrogens with one attached hydrogen (secondary N) is 3. The maximum Gasteiger partial charge on any atom is 0.416 e. The van der Waals surface area contributed by atoms with Crippen LogP contribution in [-0.2, 0) is 17.5 Å². The van der Waals surface area contributed by atoms with E-state index in [1.165, 1.54) is 30.5 Å². The second kappa shape index (κ2) is 11.6. The highest BCUT2D eigenvalue weighted by molar-refractivity contribution is 7.15. The fourth-order valence-corrected chi connectivity index (χ4v) is 4.91. The molecule has 0 unspecified atom stereocenters. The van der Waals surface area contributed by atoms with Gasteiger partial charge in [0.1, 0.15) is 5.82 Å². The van der Waals surface area contributed by atoms with Gasteiger partial charge in [0.05, 0.1) is 12.1 Å². The van der Waals surface area contributed by atoms with Gasteiger partial charge in [0.25, 0.3) is 5.91 Å². The molecule has 0 bridgehead atoms. The summed E-state index contributed by atoms with van der Waals surface area (Å²) in [6, 6.07) is 7.73. The Balaban J connectivity index is 1.31. The molecule has 38 heavy (non-hydrogen) atoms. The minimum atomic E-state index is -4.44. The highest BCUT2D eigenvalue weighted by Gasteiger charge is 2.33. The van der Waals surface area contributed by atoms with Crippen LogP contribution >= 0.6 is 11.3 Å². The number of amides is 2. The molecule has 12 heteroatoms. The van der Waals surface area contributed by atoms with Crippen LogP contribution in [-0.4, -0.2) is 45.8 Å². The summed E-state index contributed by atoms with van der Waals surface area (Å²) in [4.78, 5) is 35.5. The van der Waals surface area contributed by atoms with Crippen molar-refractivity contribution in [1.82, 2.24) is 14.9 Å². The predicted octanol–water partition coefficient (Wildman–Crippen LogP) is 5.32. The number of piperidine rings is 1. The fourth-order valence-electron chi connectivity index (χ4n) is 4.09. The Hall–Kier alpha value is -3.93. The van der Waals surface area contributed by atoms with Crippen LogP contribution in [0, 0.1) is 6.92 Å². The Bertz CT molecular complexity index is 1310. The molecule has 200 valence electrons. The lowest BCUT2D eigenvalue weighted by atomic mass is 10.0. The largest absolute Gasteiger partial charge is 0.416 e. The molecule has 4 rings (SSSR count). The third kappa shape index (κ3) is 6.88. The van der Waals surface area contributed by atoms with Crippen molar-refractivity contribution in [3.8, 4) is 0 Å². The first kappa shape index (κ1) is 27.1. The van der Waals surface area contributed by atoms with E-state index >= 15 is 0 Å². The van der Waals surface area contributed by atoms with E-state index in [0.717, 1.165) is 23.8 Å². The van der Waals surface area contributed by atoms with E-state index in [9.17, 15) is 22.8 Å². The number of rotatable bonds is 8. The number of likely N-dealkylation sites (tertiary alicyclic amines) is 1. The smallest absolute Gasteiger partial charge is 0.365 e. The van der Waals surface area contributed by atoms with Crippen molar-refractivity contribution >= 4 is 39.8 Å². The number of halogens is 3. The van der Waals surface area contributed by atoms with Crippen LogP contribution < -0.4 is 16.0 Å². The number of nitrogens with zero attached hydrogens (tertiary/aromatic N) is 3. The molecule has 1 aliphatic heterocycles. The van der Waals surface area contributed by atoms with Gasteiger partial charge in [0.2, 0.25) is 5.91 Å². The third-order valence-electron chi connectivity index (χ3n) is 6.03. The van der Waals surface area contributed by atoms with E-state index in [1.54, 1.807) is 35.4 Å². The van der Waals surface area contributed by atoms with Crippen molar-refractivity contribution in [3.63, 3.8) is 0 Å². The monoisotopic (exact) mass is 544 g/mol. The van der Waals surface area contributed by atoms with Crippen LogP contribution in [0.1, 0.15) is 39.2 Å². The van der Waals surface area contributed by atoms with Gasteiger partial charge in [-0.15, -0.1) is 11.3 Å². The zero-order valence-corrected chi connectivity index (χ0v) is 21.5. The van der Waals surface area contributed by atoms with E-state index in [0.29, 0.717) is 29.5 Å². The quantitative estimate of drug-likeness (QED) is 0.332. The van der Waals surface area contributed by atoms with Crippen molar-refractivity contribution in [3.05, 3.63) is 76.9 Å². The summed E-state index contributed by atoms with van der Waals surface area (Å²) in [5, 5.41) is 9.63. The number of aromatic nitrogens is 2. The fraction of sp³-hybridized carbons (Fsp3) is 0.308. The standard InChI is InChI=1S/C26H27F3N6O2S/c1-3-23(36)33-18-8-6-17(7-9-18)24(37)35-10-4-5-19(15-35)34-25-32-14-20(38-25)13-31-22-11-21(26(27,28)29)16(2)12-30-22/h3,6-9,11-12,14,19H,1,4-5,10,13,15H2,2H3,(H,30,31)(H,32,34)(H,33,36)/t19-/m1/s1. The predicted molar refractivity (Wildman–Crippen MR) is 141 cm³/mol. The van der Waals surface area contributed by atoms with E-state index in [4.69, 9.17) is 0 Å². The van der Waals surface area contributed by atoms with Gasteiger partial charge in [-0.25, -0.2) is 9.97 Å². The topological polar surface area (TPSA) is 99.3 Å². The molecule has 0 spiro atoms. The van der Waals surface area contributed by atoms with Gasteiger partial charge in [-0.1, -0.05) is 6.58 Å². The van der Waals surface area contributed by atoms with Crippen molar-refractivity contribution < 1.29 is 22.8 Å². The molecule has 1 aliphatic rings. The van der Waals surface area contributed by atoms with Crippen LogP contribution in [0.2, 0.25) is 0 Å². The number of hydrogen-bond donors (Lipinski definition) is 3. The lowest BCUT2D eigenvalue weighted by molar-refractivity contribution is -0.138. The van der Waals surface area contributed by atoms with Crippen molar-refractivity contribution in [2.24, 2.45) is 0 Å². The van der Waals surface area contributed by atoms with E-state index in [2.05, 4.69) is 32.5 Å². The lowest BCUT2D eigenvalue weighted by Crippen LogP contribution is -2.45. The number of alkyl halides is 3. The average molecular weight is 545 g/mol. The van der Waals surface area contributed by atoms with Gasteiger partial charge in [0, 0.05) is 47.7 Å². The van der Waals surface area contributed by atoms with Crippen LogP contribution in [0.4, 0.5) is 29.8 Å². The summed E-state index contributed by atoms with van der Waals surface area (Å²) in [5.41, 5.74) is 0.468. The van der Waals surface area contributed by atoms with Crippen molar-refractivity contribution in [2.75, 3.05) is 29.0 Å². The van der Waals surface area contributed by atoms with Gasteiger partial charge < -0.3 is 20.9 Å². The first-order valence-corrected chi connectivity index (χ1v) is 12.8. The number of thiazole rings is 1. The molecule has 3 aromatic rings. The number of hydrogen-bond acceptors (Lipinski definition) is 7. The Kier molecular flexibility index (Phi) is 8.30. The molecule has 2 amide bonds. The molecule has 1 saturated heterocycles. The summed E-state index contributed by atoms with van der Waals surface area (Å²) in [5.74, 6) is -0.271. The first-order valence-electron chi connectivity index (χ1n) is 11.9.